The Bertz CT molecular complexity index is 817. The van der Waals surface area contributed by atoms with Crippen LogP contribution in [0, 0.1) is 0 Å². The van der Waals surface area contributed by atoms with Crippen LogP contribution >= 0.6 is 39.1 Å². The number of nitrogens with two attached hydrogens (primary N) is 1. The summed E-state index contributed by atoms with van der Waals surface area (Å²) in [5, 5.41) is 6.48. The predicted octanol–water partition coefficient (Wildman–Crippen LogP) is 4.73. The summed E-state index contributed by atoms with van der Waals surface area (Å²) in [4.78, 5) is 23.8. The Kier molecular flexibility index (Phi) is 7.32. The number of urea groups is 1. The Morgan fingerprint density at radius 1 is 1.15 bits per heavy atom. The number of halogens is 3. The third kappa shape index (κ3) is 5.90. The molecule has 0 spiro atoms. The van der Waals surface area contributed by atoms with Gasteiger partial charge in [-0.05, 0) is 42.3 Å². The monoisotopic (exact) mass is 457 g/mol. The van der Waals surface area contributed by atoms with Crippen molar-refractivity contribution in [3.63, 3.8) is 0 Å². The Labute approximate surface area is 170 Å². The first-order valence-electron chi connectivity index (χ1n) is 7.82. The maximum absolute atomic E-state index is 12.5. The fourth-order valence-corrected chi connectivity index (χ4v) is 3.55. The highest BCUT2D eigenvalue weighted by atomic mass is 79.9. The molecule has 2 rings (SSSR count). The van der Waals surface area contributed by atoms with Gasteiger partial charge in [-0.15, -0.1) is 0 Å². The molecule has 8 heteroatoms. The molecule has 0 radical (unpaired) electrons. The number of hydrogen-bond donors (Lipinski definition) is 3. The number of nitrogens with one attached hydrogen (secondary N) is 2. The largest absolute Gasteiger partial charge is 0.352 e. The van der Waals surface area contributed by atoms with E-state index in [0.29, 0.717) is 10.0 Å². The molecule has 2 aromatic carbocycles. The number of benzene rings is 2. The first kappa shape index (κ1) is 20.6. The lowest BCUT2D eigenvalue weighted by Crippen LogP contribution is -2.37. The van der Waals surface area contributed by atoms with Crippen molar-refractivity contribution in [3.8, 4) is 0 Å². The zero-order chi connectivity index (χ0) is 19.3. The molecular formula is C18H18BrCl2N3O2. The van der Waals surface area contributed by atoms with Gasteiger partial charge < -0.3 is 16.4 Å². The minimum atomic E-state index is -0.698. The number of carbonyl (C=O) groups is 2. The van der Waals surface area contributed by atoms with Crippen molar-refractivity contribution in [1.82, 2.24) is 10.6 Å². The van der Waals surface area contributed by atoms with Crippen LogP contribution < -0.4 is 16.4 Å². The summed E-state index contributed by atoms with van der Waals surface area (Å²) in [7, 11) is 0. The average Bonchev–Trinajstić information content (AvgIpc) is 2.53. The van der Waals surface area contributed by atoms with Gasteiger partial charge >= 0.3 is 6.03 Å². The molecule has 26 heavy (non-hydrogen) atoms. The normalized spacial score (nSPS) is 12.9. The third-order valence-corrected chi connectivity index (χ3v) is 4.82. The molecule has 0 saturated carbocycles. The Hall–Kier alpha value is -1.76. The standard InChI is InChI=1S/C18H18BrCl2N3O2/c1-10(14-6-5-13(20)8-15(14)21)23-17(25)9-16(24-18(22)26)11-3-2-4-12(19)7-11/h2-8,10,16H,9H2,1H3,(H,23,25)(H3,22,24,26). The first-order valence-corrected chi connectivity index (χ1v) is 9.37. The van der Waals surface area contributed by atoms with Crippen LogP contribution in [0.1, 0.15) is 36.6 Å². The van der Waals surface area contributed by atoms with Gasteiger partial charge in [0.1, 0.15) is 0 Å². The number of primary amides is 1. The van der Waals surface area contributed by atoms with Crippen molar-refractivity contribution in [2.45, 2.75) is 25.4 Å². The van der Waals surface area contributed by atoms with Crippen LogP contribution in [0.15, 0.2) is 46.9 Å². The van der Waals surface area contributed by atoms with Gasteiger partial charge in [0.05, 0.1) is 18.5 Å². The van der Waals surface area contributed by atoms with E-state index >= 15 is 0 Å². The molecule has 2 atom stereocenters. The number of carbonyl (C=O) groups excluding carboxylic acids is 2. The molecule has 0 saturated heterocycles. The van der Waals surface area contributed by atoms with E-state index in [2.05, 4.69) is 26.6 Å². The molecule has 0 heterocycles. The molecule has 0 aromatic heterocycles. The van der Waals surface area contributed by atoms with E-state index in [4.69, 9.17) is 28.9 Å². The van der Waals surface area contributed by atoms with E-state index < -0.39 is 12.1 Å². The zero-order valence-electron chi connectivity index (χ0n) is 13.9. The van der Waals surface area contributed by atoms with Gasteiger partial charge in [-0.2, -0.15) is 0 Å². The molecule has 0 aliphatic heterocycles. The minimum Gasteiger partial charge on any atom is -0.352 e. The maximum atomic E-state index is 12.5. The molecule has 0 aliphatic carbocycles. The highest BCUT2D eigenvalue weighted by molar-refractivity contribution is 9.10. The van der Waals surface area contributed by atoms with E-state index in [0.717, 1.165) is 15.6 Å². The first-order chi connectivity index (χ1) is 12.3. The number of rotatable bonds is 6. The second kappa shape index (κ2) is 9.26. The van der Waals surface area contributed by atoms with Gasteiger partial charge in [0.25, 0.3) is 0 Å². The maximum Gasteiger partial charge on any atom is 0.312 e. The van der Waals surface area contributed by atoms with Gasteiger partial charge in [0, 0.05) is 14.5 Å². The van der Waals surface area contributed by atoms with E-state index in [-0.39, 0.29) is 18.4 Å². The summed E-state index contributed by atoms with van der Waals surface area (Å²) < 4.78 is 0.841. The Balaban J connectivity index is 2.10. The third-order valence-electron chi connectivity index (χ3n) is 3.76. The van der Waals surface area contributed by atoms with Crippen LogP contribution in [0.3, 0.4) is 0 Å². The lowest BCUT2D eigenvalue weighted by molar-refractivity contribution is -0.122. The molecule has 3 amide bonds. The molecular weight excluding hydrogens is 441 g/mol. The second-order valence-corrected chi connectivity index (χ2v) is 7.53. The van der Waals surface area contributed by atoms with Crippen molar-refractivity contribution >= 4 is 51.1 Å². The molecule has 0 aliphatic rings. The van der Waals surface area contributed by atoms with Gasteiger partial charge in [-0.3, -0.25) is 4.79 Å². The smallest absolute Gasteiger partial charge is 0.312 e. The highest BCUT2D eigenvalue weighted by Crippen LogP contribution is 2.27. The molecule has 2 unspecified atom stereocenters. The van der Waals surface area contributed by atoms with E-state index in [1.165, 1.54) is 0 Å². The van der Waals surface area contributed by atoms with Crippen LogP contribution in [0.25, 0.3) is 0 Å². The molecule has 0 fully saturated rings. The highest BCUT2D eigenvalue weighted by Gasteiger charge is 2.20. The fraction of sp³-hybridized carbons (Fsp3) is 0.222. The summed E-state index contributed by atoms with van der Waals surface area (Å²) in [6, 6.07) is 10.9. The van der Waals surface area contributed by atoms with Crippen LogP contribution in [0.4, 0.5) is 4.79 Å². The summed E-state index contributed by atoms with van der Waals surface area (Å²) in [6.45, 7) is 1.82. The Morgan fingerprint density at radius 2 is 1.88 bits per heavy atom. The minimum absolute atomic E-state index is 0.0366. The van der Waals surface area contributed by atoms with E-state index in [1.54, 1.807) is 18.2 Å². The van der Waals surface area contributed by atoms with Crippen LogP contribution in [0.2, 0.25) is 10.0 Å². The van der Waals surface area contributed by atoms with Gasteiger partial charge in [0.2, 0.25) is 5.91 Å². The summed E-state index contributed by atoms with van der Waals surface area (Å²) in [5.74, 6) is -0.248. The van der Waals surface area contributed by atoms with Crippen LogP contribution in [0.5, 0.6) is 0 Å². The lowest BCUT2D eigenvalue weighted by atomic mass is 10.0. The van der Waals surface area contributed by atoms with Gasteiger partial charge in [-0.1, -0.05) is 57.3 Å². The van der Waals surface area contributed by atoms with Crippen molar-refractivity contribution in [3.05, 3.63) is 68.1 Å². The van der Waals surface area contributed by atoms with E-state index in [1.807, 2.05) is 31.2 Å². The lowest BCUT2D eigenvalue weighted by Gasteiger charge is -2.21. The summed E-state index contributed by atoms with van der Waals surface area (Å²) in [5.41, 5.74) is 6.77. The van der Waals surface area contributed by atoms with Crippen molar-refractivity contribution in [1.29, 1.82) is 0 Å². The van der Waals surface area contributed by atoms with Crippen molar-refractivity contribution < 1.29 is 9.59 Å². The van der Waals surface area contributed by atoms with Gasteiger partial charge in [-0.25, -0.2) is 4.79 Å². The van der Waals surface area contributed by atoms with E-state index in [9.17, 15) is 9.59 Å². The van der Waals surface area contributed by atoms with Crippen LogP contribution in [-0.4, -0.2) is 11.9 Å². The van der Waals surface area contributed by atoms with Crippen molar-refractivity contribution in [2.24, 2.45) is 5.73 Å². The topological polar surface area (TPSA) is 84.2 Å². The number of hydrogen-bond acceptors (Lipinski definition) is 2. The molecule has 4 N–H and O–H groups in total. The van der Waals surface area contributed by atoms with Crippen LogP contribution in [-0.2, 0) is 4.79 Å². The number of amides is 3. The Morgan fingerprint density at radius 3 is 2.50 bits per heavy atom. The summed E-state index contributed by atoms with van der Waals surface area (Å²) in [6.07, 6.45) is 0.0366. The molecule has 5 nitrogen and oxygen atoms in total. The predicted molar refractivity (Wildman–Crippen MR) is 107 cm³/mol. The average molecular weight is 459 g/mol. The van der Waals surface area contributed by atoms with Gasteiger partial charge in [0.15, 0.2) is 0 Å². The van der Waals surface area contributed by atoms with Crippen molar-refractivity contribution in [2.75, 3.05) is 0 Å². The zero-order valence-corrected chi connectivity index (χ0v) is 17.0. The SMILES string of the molecule is CC(NC(=O)CC(NC(N)=O)c1cccc(Br)c1)c1ccc(Cl)cc1Cl. The molecule has 2 aromatic rings. The molecule has 138 valence electrons. The fourth-order valence-electron chi connectivity index (χ4n) is 2.56. The molecule has 0 bridgehead atoms. The second-order valence-electron chi connectivity index (χ2n) is 5.78. The quantitative estimate of drug-likeness (QED) is 0.584. The summed E-state index contributed by atoms with van der Waals surface area (Å²) >= 11 is 15.5.